The van der Waals surface area contributed by atoms with Gasteiger partial charge in [0.25, 0.3) is 5.91 Å². The standard InChI is InChI=1S/C26H30N4O4/c1-26(25(32)28-17-8-4-5-9-17)16-29-20(24(31)30(26)15-18-10-6-7-13-27-18)14-19-21(33-2)11-12-22(34-3)23(19)29/h6-7,10-14,17H,4-5,8-9,15-16H2,1-3H3,(H,28,32)/t26-/m0/s1. The van der Waals surface area contributed by atoms with E-state index in [9.17, 15) is 9.59 Å². The van der Waals surface area contributed by atoms with Gasteiger partial charge in [0.15, 0.2) is 0 Å². The molecule has 178 valence electrons. The Labute approximate surface area is 198 Å². The summed E-state index contributed by atoms with van der Waals surface area (Å²) in [6.45, 7) is 2.39. The maximum absolute atomic E-state index is 14.0. The molecule has 1 aromatic carbocycles. The molecule has 2 aromatic heterocycles. The predicted molar refractivity (Wildman–Crippen MR) is 128 cm³/mol. The highest BCUT2D eigenvalue weighted by Gasteiger charge is 2.48. The zero-order valence-electron chi connectivity index (χ0n) is 19.8. The van der Waals surface area contributed by atoms with Crippen molar-refractivity contribution in [3.05, 3.63) is 54.0 Å². The number of aromatic nitrogens is 2. The van der Waals surface area contributed by atoms with E-state index >= 15 is 0 Å². The van der Waals surface area contributed by atoms with Crippen molar-refractivity contribution in [3.63, 3.8) is 0 Å². The average Bonchev–Trinajstić information content (AvgIpc) is 3.50. The molecule has 1 fully saturated rings. The first-order chi connectivity index (χ1) is 16.5. The third kappa shape index (κ3) is 3.57. The largest absolute Gasteiger partial charge is 0.496 e. The number of hydrogen-bond acceptors (Lipinski definition) is 5. The van der Waals surface area contributed by atoms with E-state index in [-0.39, 0.29) is 24.4 Å². The number of amides is 2. The summed E-state index contributed by atoms with van der Waals surface area (Å²) in [5.74, 6) is 0.921. The van der Waals surface area contributed by atoms with Gasteiger partial charge in [0.1, 0.15) is 22.7 Å². The molecular formula is C26H30N4O4. The highest BCUT2D eigenvalue weighted by molar-refractivity contribution is 6.05. The van der Waals surface area contributed by atoms with Crippen molar-refractivity contribution in [1.82, 2.24) is 19.8 Å². The Hall–Kier alpha value is -3.55. The molecule has 3 heterocycles. The molecular weight excluding hydrogens is 432 g/mol. The van der Waals surface area contributed by atoms with Gasteiger partial charge in [-0.25, -0.2) is 0 Å². The average molecular weight is 463 g/mol. The third-order valence-corrected chi connectivity index (χ3v) is 7.17. The number of carbonyl (C=O) groups is 2. The third-order valence-electron chi connectivity index (χ3n) is 7.17. The molecule has 0 bridgehead atoms. The second-order valence-electron chi connectivity index (χ2n) is 9.29. The number of nitrogens with one attached hydrogen (secondary N) is 1. The van der Waals surface area contributed by atoms with Crippen molar-refractivity contribution in [3.8, 4) is 11.5 Å². The summed E-state index contributed by atoms with van der Waals surface area (Å²) in [6, 6.07) is 11.2. The van der Waals surface area contributed by atoms with E-state index in [1.165, 1.54) is 0 Å². The quantitative estimate of drug-likeness (QED) is 0.606. The first-order valence-electron chi connectivity index (χ1n) is 11.7. The molecule has 0 unspecified atom stereocenters. The molecule has 1 saturated carbocycles. The number of ether oxygens (including phenoxy) is 2. The number of nitrogens with zero attached hydrogens (tertiary/aromatic N) is 3. The van der Waals surface area contributed by atoms with Crippen LogP contribution in [0.5, 0.6) is 11.5 Å². The fourth-order valence-electron chi connectivity index (χ4n) is 5.27. The van der Waals surface area contributed by atoms with Gasteiger partial charge in [-0.15, -0.1) is 0 Å². The molecule has 0 saturated heterocycles. The number of benzene rings is 1. The summed E-state index contributed by atoms with van der Waals surface area (Å²) in [5, 5.41) is 4.01. The SMILES string of the molecule is COc1ccc(OC)c2c1cc1n2C[C@@](C)(C(=O)NC2CCCC2)N(Cc2ccccn2)C1=O. The zero-order valence-corrected chi connectivity index (χ0v) is 19.8. The van der Waals surface area contributed by atoms with Crippen LogP contribution in [0.25, 0.3) is 10.9 Å². The van der Waals surface area contributed by atoms with Crippen molar-refractivity contribution in [2.75, 3.05) is 14.2 Å². The van der Waals surface area contributed by atoms with Crippen LogP contribution in [0.2, 0.25) is 0 Å². The fraction of sp³-hybridized carbons (Fsp3) is 0.423. The van der Waals surface area contributed by atoms with E-state index in [0.29, 0.717) is 23.7 Å². The molecule has 1 aliphatic heterocycles. The Morgan fingerprint density at radius 2 is 1.88 bits per heavy atom. The van der Waals surface area contributed by atoms with Gasteiger partial charge in [-0.1, -0.05) is 18.9 Å². The van der Waals surface area contributed by atoms with Crippen LogP contribution in [0.1, 0.15) is 48.8 Å². The van der Waals surface area contributed by atoms with Gasteiger partial charge in [0.05, 0.1) is 38.5 Å². The van der Waals surface area contributed by atoms with Crippen LogP contribution in [0, 0.1) is 0 Å². The summed E-state index contributed by atoms with van der Waals surface area (Å²) in [5.41, 5.74) is 0.877. The first kappa shape index (κ1) is 22.3. The molecule has 34 heavy (non-hydrogen) atoms. The summed E-state index contributed by atoms with van der Waals surface area (Å²) in [7, 11) is 3.21. The van der Waals surface area contributed by atoms with Gasteiger partial charge in [-0.3, -0.25) is 14.6 Å². The molecule has 1 aliphatic carbocycles. The lowest BCUT2D eigenvalue weighted by molar-refractivity contribution is -0.133. The van der Waals surface area contributed by atoms with Crippen molar-refractivity contribution in [2.45, 2.75) is 57.3 Å². The maximum atomic E-state index is 14.0. The fourth-order valence-corrected chi connectivity index (χ4v) is 5.27. The molecule has 1 atom stereocenters. The minimum Gasteiger partial charge on any atom is -0.496 e. The van der Waals surface area contributed by atoms with Crippen LogP contribution in [0.3, 0.4) is 0 Å². The summed E-state index contributed by atoms with van der Waals surface area (Å²) in [4.78, 5) is 33.8. The van der Waals surface area contributed by atoms with Crippen molar-refractivity contribution < 1.29 is 19.1 Å². The Morgan fingerprint density at radius 3 is 2.56 bits per heavy atom. The highest BCUT2D eigenvalue weighted by atomic mass is 16.5. The van der Waals surface area contributed by atoms with Gasteiger partial charge < -0.3 is 24.3 Å². The maximum Gasteiger partial charge on any atom is 0.271 e. The van der Waals surface area contributed by atoms with Crippen LogP contribution in [-0.4, -0.2) is 52.1 Å². The Bertz CT molecular complexity index is 1230. The van der Waals surface area contributed by atoms with Crippen LogP contribution >= 0.6 is 0 Å². The van der Waals surface area contributed by atoms with E-state index in [1.54, 1.807) is 25.3 Å². The normalized spacial score (nSPS) is 20.4. The van der Waals surface area contributed by atoms with Gasteiger partial charge >= 0.3 is 0 Å². The predicted octanol–water partition coefficient (Wildman–Crippen LogP) is 3.53. The molecule has 1 N–H and O–H groups in total. The lowest BCUT2D eigenvalue weighted by Crippen LogP contribution is -2.64. The van der Waals surface area contributed by atoms with E-state index in [0.717, 1.165) is 42.3 Å². The summed E-state index contributed by atoms with van der Waals surface area (Å²) < 4.78 is 13.1. The van der Waals surface area contributed by atoms with Crippen molar-refractivity contribution in [1.29, 1.82) is 0 Å². The molecule has 2 aliphatic rings. The summed E-state index contributed by atoms with van der Waals surface area (Å²) >= 11 is 0. The van der Waals surface area contributed by atoms with Gasteiger partial charge in [0.2, 0.25) is 5.91 Å². The minimum absolute atomic E-state index is 0.141. The monoisotopic (exact) mass is 462 g/mol. The molecule has 0 radical (unpaired) electrons. The Kier molecular flexibility index (Phi) is 5.67. The van der Waals surface area contributed by atoms with Crippen molar-refractivity contribution >= 4 is 22.7 Å². The van der Waals surface area contributed by atoms with E-state index in [1.807, 2.05) is 47.9 Å². The van der Waals surface area contributed by atoms with Gasteiger partial charge in [0, 0.05) is 17.6 Å². The van der Waals surface area contributed by atoms with Crippen LogP contribution in [-0.2, 0) is 17.9 Å². The second-order valence-corrected chi connectivity index (χ2v) is 9.29. The van der Waals surface area contributed by atoms with Crippen LogP contribution in [0.4, 0.5) is 0 Å². The number of pyridine rings is 1. The Balaban J connectivity index is 1.64. The van der Waals surface area contributed by atoms with Gasteiger partial charge in [-0.2, -0.15) is 0 Å². The van der Waals surface area contributed by atoms with Crippen LogP contribution in [0.15, 0.2) is 42.6 Å². The smallest absolute Gasteiger partial charge is 0.271 e. The van der Waals surface area contributed by atoms with E-state index < -0.39 is 5.54 Å². The minimum atomic E-state index is -1.11. The molecule has 8 nitrogen and oxygen atoms in total. The molecule has 3 aromatic rings. The highest BCUT2D eigenvalue weighted by Crippen LogP contribution is 2.40. The lowest BCUT2D eigenvalue weighted by Gasteiger charge is -2.44. The summed E-state index contributed by atoms with van der Waals surface area (Å²) in [6.07, 6.45) is 5.87. The Morgan fingerprint density at radius 1 is 1.15 bits per heavy atom. The molecule has 0 spiro atoms. The second kappa shape index (κ2) is 8.66. The first-order valence-corrected chi connectivity index (χ1v) is 11.7. The lowest BCUT2D eigenvalue weighted by atomic mass is 9.93. The number of fused-ring (bicyclic) bond motifs is 3. The molecule has 5 rings (SSSR count). The molecule has 2 amide bonds. The van der Waals surface area contributed by atoms with Crippen molar-refractivity contribution in [2.24, 2.45) is 0 Å². The zero-order chi connectivity index (χ0) is 23.9. The number of carbonyl (C=O) groups excluding carboxylic acids is 2. The van der Waals surface area contributed by atoms with Crippen LogP contribution < -0.4 is 14.8 Å². The number of methoxy groups -OCH3 is 2. The van der Waals surface area contributed by atoms with Gasteiger partial charge in [-0.05, 0) is 50.1 Å². The number of hydrogen-bond donors (Lipinski definition) is 1. The van der Waals surface area contributed by atoms with E-state index in [2.05, 4.69) is 10.3 Å². The number of rotatable bonds is 6. The van der Waals surface area contributed by atoms with E-state index in [4.69, 9.17) is 9.47 Å². The molecule has 8 heteroatoms. The topological polar surface area (TPSA) is 85.7 Å².